The Morgan fingerprint density at radius 1 is 1.09 bits per heavy atom. The predicted octanol–water partition coefficient (Wildman–Crippen LogP) is 3.75. The number of thioether (sulfide) groups is 1. The molecule has 0 unspecified atom stereocenters. The fraction of sp³-hybridized carbons (Fsp3) is 0.471. The van der Waals surface area contributed by atoms with Crippen LogP contribution in [0.5, 0.6) is 0 Å². The van der Waals surface area contributed by atoms with Crippen molar-refractivity contribution >= 4 is 17.5 Å². The van der Waals surface area contributed by atoms with E-state index in [4.69, 9.17) is 4.98 Å². The van der Waals surface area contributed by atoms with Crippen LogP contribution in [0, 0.1) is 0 Å². The van der Waals surface area contributed by atoms with Crippen LogP contribution in [0.4, 0.5) is 0 Å². The van der Waals surface area contributed by atoms with Gasteiger partial charge in [-0.05, 0) is 37.8 Å². The molecule has 114 valence electrons. The monoisotopic (exact) mass is 313 g/mol. The first-order valence-corrected chi connectivity index (χ1v) is 8.91. The second-order valence-electron chi connectivity index (χ2n) is 6.09. The molecule has 1 heterocycles. The van der Waals surface area contributed by atoms with Gasteiger partial charge in [0, 0.05) is 12.3 Å². The number of carbonyl (C=O) groups excluding carboxylic acids is 1. The lowest BCUT2D eigenvalue weighted by Gasteiger charge is -2.17. The number of nitrogens with zero attached hydrogens (tertiary/aromatic N) is 3. The molecule has 4 nitrogen and oxygen atoms in total. The van der Waals surface area contributed by atoms with Crippen LogP contribution < -0.4 is 0 Å². The van der Waals surface area contributed by atoms with E-state index in [1.807, 2.05) is 22.9 Å². The van der Waals surface area contributed by atoms with Crippen LogP contribution in [-0.2, 0) is 4.79 Å². The van der Waals surface area contributed by atoms with Crippen LogP contribution >= 0.6 is 11.8 Å². The molecule has 22 heavy (non-hydrogen) atoms. The minimum absolute atomic E-state index is 0.0485. The largest absolute Gasteiger partial charge is 0.298 e. The van der Waals surface area contributed by atoms with Gasteiger partial charge in [0.25, 0.3) is 0 Å². The molecule has 0 aliphatic heterocycles. The van der Waals surface area contributed by atoms with Crippen molar-refractivity contribution < 1.29 is 4.79 Å². The van der Waals surface area contributed by atoms with Crippen molar-refractivity contribution in [3.63, 3.8) is 0 Å². The number of para-hydroxylation sites is 1. The summed E-state index contributed by atoms with van der Waals surface area (Å²) in [6.07, 6.45) is 6.23. The fourth-order valence-corrected chi connectivity index (χ4v) is 3.99. The summed E-state index contributed by atoms with van der Waals surface area (Å²) in [4.78, 5) is 16.8. The van der Waals surface area contributed by atoms with Crippen LogP contribution in [0.15, 0.2) is 35.5 Å². The van der Waals surface area contributed by atoms with Crippen LogP contribution in [0.25, 0.3) is 5.69 Å². The Balaban J connectivity index is 1.62. The minimum Gasteiger partial charge on any atom is -0.298 e. The average molecular weight is 313 g/mol. The van der Waals surface area contributed by atoms with Gasteiger partial charge in [0.1, 0.15) is 11.6 Å². The van der Waals surface area contributed by atoms with Crippen molar-refractivity contribution in [3.05, 3.63) is 36.2 Å². The molecule has 5 heteroatoms. The van der Waals surface area contributed by atoms with Crippen molar-refractivity contribution in [2.75, 3.05) is 0 Å². The predicted molar refractivity (Wildman–Crippen MR) is 86.5 cm³/mol. The molecule has 0 spiro atoms. The maximum absolute atomic E-state index is 12.0. The Morgan fingerprint density at radius 2 is 1.91 bits per heavy atom. The van der Waals surface area contributed by atoms with E-state index >= 15 is 0 Å². The molecule has 1 atom stereocenters. The van der Waals surface area contributed by atoms with Gasteiger partial charge >= 0.3 is 0 Å². The fourth-order valence-electron chi connectivity index (χ4n) is 2.92. The Kier molecular flexibility index (Phi) is 3.74. The Morgan fingerprint density at radius 3 is 2.64 bits per heavy atom. The van der Waals surface area contributed by atoms with Gasteiger partial charge in [-0.1, -0.05) is 36.4 Å². The zero-order valence-corrected chi connectivity index (χ0v) is 13.3. The second-order valence-corrected chi connectivity index (χ2v) is 7.26. The molecule has 0 bridgehead atoms. The smallest absolute Gasteiger partial charge is 0.209 e. The van der Waals surface area contributed by atoms with E-state index in [1.54, 1.807) is 11.8 Å². The van der Waals surface area contributed by atoms with Gasteiger partial charge in [-0.25, -0.2) is 9.67 Å². The standard InChI is InChI=1S/C17H19N3OS/c21-14-8-4-5-9-15(14)22-17-18-16(12-10-11-12)20(19-17)13-6-2-1-3-7-13/h1-3,6-7,12,15H,4-5,8-11H2/t15-/m1/s1. The highest BCUT2D eigenvalue weighted by Gasteiger charge is 2.32. The molecule has 4 rings (SSSR count). The van der Waals surface area contributed by atoms with E-state index < -0.39 is 0 Å². The SMILES string of the molecule is O=C1CCCC[C@H]1Sc1nc(C2CC2)n(-c2ccccc2)n1. The molecule has 0 N–H and O–H groups in total. The molecule has 1 aromatic carbocycles. The lowest BCUT2D eigenvalue weighted by Crippen LogP contribution is -2.21. The maximum atomic E-state index is 12.0. The van der Waals surface area contributed by atoms with Gasteiger partial charge in [0.2, 0.25) is 5.16 Å². The summed E-state index contributed by atoms with van der Waals surface area (Å²) < 4.78 is 1.97. The maximum Gasteiger partial charge on any atom is 0.209 e. The molecule has 0 amide bonds. The highest BCUT2D eigenvalue weighted by Crippen LogP contribution is 2.41. The zero-order chi connectivity index (χ0) is 14.9. The molecular weight excluding hydrogens is 294 g/mol. The van der Waals surface area contributed by atoms with E-state index in [1.165, 1.54) is 12.8 Å². The highest BCUT2D eigenvalue weighted by molar-refractivity contribution is 8.00. The van der Waals surface area contributed by atoms with Crippen LogP contribution in [-0.4, -0.2) is 25.8 Å². The molecule has 2 aliphatic rings. The minimum atomic E-state index is 0.0485. The first-order chi connectivity index (χ1) is 10.8. The first-order valence-electron chi connectivity index (χ1n) is 8.03. The van der Waals surface area contributed by atoms with Crippen molar-refractivity contribution in [3.8, 4) is 5.69 Å². The van der Waals surface area contributed by atoms with Crippen molar-refractivity contribution in [2.24, 2.45) is 0 Å². The lowest BCUT2D eigenvalue weighted by atomic mass is 9.99. The van der Waals surface area contributed by atoms with E-state index in [0.717, 1.165) is 35.9 Å². The topological polar surface area (TPSA) is 47.8 Å². The zero-order valence-electron chi connectivity index (χ0n) is 12.4. The van der Waals surface area contributed by atoms with Crippen molar-refractivity contribution in [2.45, 2.75) is 54.8 Å². The first kappa shape index (κ1) is 14.0. The molecule has 2 aromatic rings. The van der Waals surface area contributed by atoms with Crippen molar-refractivity contribution in [1.82, 2.24) is 14.8 Å². The molecule has 1 aromatic heterocycles. The van der Waals surface area contributed by atoms with E-state index in [2.05, 4.69) is 17.2 Å². The molecule has 0 radical (unpaired) electrons. The summed E-state index contributed by atoms with van der Waals surface area (Å²) >= 11 is 1.55. The number of Topliss-reactive ketones (excluding diaryl/α,β-unsaturated/α-hetero) is 1. The summed E-state index contributed by atoms with van der Waals surface area (Å²) in [5, 5.41) is 5.49. The Bertz CT molecular complexity index is 678. The van der Waals surface area contributed by atoms with Gasteiger partial charge in [-0.3, -0.25) is 4.79 Å². The number of aromatic nitrogens is 3. The Labute approximate surface area is 134 Å². The number of ketones is 1. The summed E-state index contributed by atoms with van der Waals surface area (Å²) in [5.41, 5.74) is 1.05. The summed E-state index contributed by atoms with van der Waals surface area (Å²) in [6.45, 7) is 0. The molecule has 0 saturated heterocycles. The number of carbonyl (C=O) groups is 1. The second kappa shape index (κ2) is 5.88. The highest BCUT2D eigenvalue weighted by atomic mass is 32.2. The number of hydrogen-bond acceptors (Lipinski definition) is 4. The molecule has 2 fully saturated rings. The average Bonchev–Trinajstić information content (AvgIpc) is 3.31. The number of benzene rings is 1. The molecular formula is C17H19N3OS. The van der Waals surface area contributed by atoms with E-state index in [0.29, 0.717) is 18.1 Å². The van der Waals surface area contributed by atoms with E-state index in [9.17, 15) is 4.79 Å². The lowest BCUT2D eigenvalue weighted by molar-refractivity contribution is -0.119. The van der Waals surface area contributed by atoms with Gasteiger partial charge in [-0.15, -0.1) is 5.10 Å². The summed E-state index contributed by atoms with van der Waals surface area (Å²) in [6, 6.07) is 10.2. The molecule has 2 aliphatic carbocycles. The third kappa shape index (κ3) is 2.82. The van der Waals surface area contributed by atoms with Crippen molar-refractivity contribution in [1.29, 1.82) is 0 Å². The van der Waals surface area contributed by atoms with Gasteiger partial charge in [-0.2, -0.15) is 0 Å². The molecule has 2 saturated carbocycles. The normalized spacial score (nSPS) is 22.0. The van der Waals surface area contributed by atoms with Gasteiger partial charge in [0.15, 0.2) is 0 Å². The van der Waals surface area contributed by atoms with Gasteiger partial charge in [0.05, 0.1) is 10.9 Å². The quantitative estimate of drug-likeness (QED) is 0.862. The Hall–Kier alpha value is -1.62. The van der Waals surface area contributed by atoms with Crippen LogP contribution in [0.2, 0.25) is 0 Å². The number of hydrogen-bond donors (Lipinski definition) is 0. The third-order valence-electron chi connectivity index (χ3n) is 4.30. The van der Waals surface area contributed by atoms with Crippen LogP contribution in [0.3, 0.4) is 0 Å². The summed E-state index contributed by atoms with van der Waals surface area (Å²) in [5.74, 6) is 1.95. The third-order valence-corrected chi connectivity index (χ3v) is 5.47. The van der Waals surface area contributed by atoms with Crippen LogP contribution in [0.1, 0.15) is 50.3 Å². The number of rotatable bonds is 4. The summed E-state index contributed by atoms with van der Waals surface area (Å²) in [7, 11) is 0. The van der Waals surface area contributed by atoms with E-state index in [-0.39, 0.29) is 5.25 Å². The van der Waals surface area contributed by atoms with Gasteiger partial charge < -0.3 is 0 Å².